The zero-order valence-corrected chi connectivity index (χ0v) is 16.2. The van der Waals surface area contributed by atoms with Gasteiger partial charge in [0.2, 0.25) is 5.91 Å². The van der Waals surface area contributed by atoms with Crippen molar-refractivity contribution in [2.24, 2.45) is 5.41 Å². The first kappa shape index (κ1) is 19.2. The highest BCUT2D eigenvalue weighted by molar-refractivity contribution is 6.25. The molecule has 1 aromatic rings. The fraction of sp³-hybridized carbons (Fsp3) is 0.450. The molecule has 1 unspecified atom stereocenters. The normalized spacial score (nSPS) is 23.0. The number of hydrogen-bond donors (Lipinski definition) is 0. The second-order valence-electron chi connectivity index (χ2n) is 8.60. The van der Waals surface area contributed by atoms with Gasteiger partial charge in [-0.05, 0) is 52.2 Å². The first-order chi connectivity index (χ1) is 13.5. The molecule has 0 N–H and O–H groups in total. The van der Waals surface area contributed by atoms with Crippen molar-refractivity contribution in [2.75, 3.05) is 0 Å². The minimum Gasteiger partial charge on any atom is -0.443 e. The van der Waals surface area contributed by atoms with E-state index >= 15 is 0 Å². The van der Waals surface area contributed by atoms with Gasteiger partial charge in [-0.3, -0.25) is 24.1 Å². The molecule has 3 aliphatic rings. The average molecular weight is 402 g/mol. The Hall–Kier alpha value is -3.10. The maximum Gasteiger partial charge on any atom is 0.424 e. The van der Waals surface area contributed by atoms with Gasteiger partial charge >= 0.3 is 6.09 Å². The van der Waals surface area contributed by atoms with Crippen molar-refractivity contribution in [1.29, 1.82) is 0 Å². The summed E-state index contributed by atoms with van der Waals surface area (Å²) < 4.78 is 19.3. The molecule has 1 saturated carbocycles. The molecule has 1 aliphatic carbocycles. The number of benzene rings is 1. The monoisotopic (exact) mass is 402 g/mol. The third-order valence-electron chi connectivity index (χ3n) is 5.38. The number of halogens is 1. The van der Waals surface area contributed by atoms with Crippen LogP contribution in [0.1, 0.15) is 60.7 Å². The van der Waals surface area contributed by atoms with Crippen LogP contribution in [0.3, 0.4) is 0 Å². The predicted molar refractivity (Wildman–Crippen MR) is 95.1 cm³/mol. The quantitative estimate of drug-likeness (QED) is 0.668. The van der Waals surface area contributed by atoms with Crippen LogP contribution in [0.25, 0.3) is 0 Å². The number of piperidine rings is 1. The van der Waals surface area contributed by atoms with Crippen LogP contribution in [0.5, 0.6) is 0 Å². The number of carbonyl (C=O) groups is 5. The largest absolute Gasteiger partial charge is 0.443 e. The van der Waals surface area contributed by atoms with Crippen molar-refractivity contribution in [3.63, 3.8) is 0 Å². The molecule has 2 heterocycles. The van der Waals surface area contributed by atoms with Crippen molar-refractivity contribution in [3.05, 3.63) is 35.1 Å². The average Bonchev–Trinajstić information content (AvgIpc) is 3.33. The van der Waals surface area contributed by atoms with E-state index in [0.29, 0.717) is 22.6 Å². The maximum absolute atomic E-state index is 14.1. The smallest absolute Gasteiger partial charge is 0.424 e. The van der Waals surface area contributed by atoms with E-state index in [1.165, 1.54) is 12.1 Å². The molecule has 9 heteroatoms. The van der Waals surface area contributed by atoms with Crippen molar-refractivity contribution in [2.45, 2.75) is 51.7 Å². The fourth-order valence-electron chi connectivity index (χ4n) is 3.83. The highest BCUT2D eigenvalue weighted by Crippen LogP contribution is 2.54. The predicted octanol–water partition coefficient (Wildman–Crippen LogP) is 2.26. The Kier molecular flexibility index (Phi) is 3.94. The number of fused-ring (bicyclic) bond motifs is 1. The minimum atomic E-state index is -1.38. The summed E-state index contributed by atoms with van der Waals surface area (Å²) in [5.41, 5.74) is -2.51. The van der Waals surface area contributed by atoms with Gasteiger partial charge in [-0.25, -0.2) is 9.18 Å². The lowest BCUT2D eigenvalue weighted by Crippen LogP contribution is -2.61. The molecule has 0 aromatic heterocycles. The van der Waals surface area contributed by atoms with Crippen LogP contribution in [0.4, 0.5) is 9.18 Å². The number of carbonyl (C=O) groups excluding carboxylic acids is 5. The van der Waals surface area contributed by atoms with Crippen molar-refractivity contribution < 1.29 is 33.1 Å². The fourth-order valence-corrected chi connectivity index (χ4v) is 3.83. The van der Waals surface area contributed by atoms with Crippen LogP contribution in [0, 0.1) is 11.2 Å². The maximum atomic E-state index is 14.1. The van der Waals surface area contributed by atoms with E-state index < -0.39 is 58.2 Å². The molecule has 5 amide bonds. The van der Waals surface area contributed by atoms with Gasteiger partial charge in [-0.1, -0.05) is 6.07 Å². The first-order valence-electron chi connectivity index (χ1n) is 9.25. The summed E-state index contributed by atoms with van der Waals surface area (Å²) in [6.45, 7) is 4.75. The summed E-state index contributed by atoms with van der Waals surface area (Å²) in [6, 6.07) is 2.27. The molecular weight excluding hydrogens is 383 g/mol. The van der Waals surface area contributed by atoms with Crippen molar-refractivity contribution in [1.82, 2.24) is 9.80 Å². The molecule has 0 radical (unpaired) electrons. The molecular formula is C20H19FN2O6. The van der Waals surface area contributed by atoms with E-state index in [4.69, 9.17) is 4.74 Å². The van der Waals surface area contributed by atoms with Gasteiger partial charge in [0.1, 0.15) is 17.5 Å². The highest BCUT2D eigenvalue weighted by Gasteiger charge is 2.63. The number of ether oxygens (including phenoxy) is 1. The third-order valence-corrected chi connectivity index (χ3v) is 5.38. The van der Waals surface area contributed by atoms with E-state index in [1.807, 2.05) is 0 Å². The number of rotatable bonds is 1. The van der Waals surface area contributed by atoms with E-state index in [9.17, 15) is 28.4 Å². The first-order valence-corrected chi connectivity index (χ1v) is 9.25. The SMILES string of the molecule is CC(C)(C)OC(=O)N1C(=O)C(N2C(=O)c3cccc(F)c3C2=O)CC2(CC2)C1=O. The zero-order chi connectivity index (χ0) is 21.3. The summed E-state index contributed by atoms with van der Waals surface area (Å²) in [4.78, 5) is 65.1. The van der Waals surface area contributed by atoms with Crippen LogP contribution < -0.4 is 0 Å². The van der Waals surface area contributed by atoms with Crippen molar-refractivity contribution in [3.8, 4) is 0 Å². The van der Waals surface area contributed by atoms with Crippen molar-refractivity contribution >= 4 is 29.7 Å². The molecule has 29 heavy (non-hydrogen) atoms. The Morgan fingerprint density at radius 2 is 1.79 bits per heavy atom. The van der Waals surface area contributed by atoms with E-state index in [0.717, 1.165) is 6.07 Å². The molecule has 2 aliphatic heterocycles. The summed E-state index contributed by atoms with van der Waals surface area (Å²) in [5.74, 6) is -4.34. The Bertz CT molecular complexity index is 991. The van der Waals surface area contributed by atoms with Gasteiger partial charge in [0.25, 0.3) is 17.7 Å². The lowest BCUT2D eigenvalue weighted by atomic mass is 9.89. The second-order valence-corrected chi connectivity index (χ2v) is 8.60. The Labute approximate surface area is 165 Å². The highest BCUT2D eigenvalue weighted by atomic mass is 19.1. The lowest BCUT2D eigenvalue weighted by molar-refractivity contribution is -0.155. The number of likely N-dealkylation sites (tertiary alicyclic amines) is 1. The second kappa shape index (κ2) is 5.95. The number of imide groups is 4. The number of nitrogens with zero attached hydrogens (tertiary/aromatic N) is 2. The van der Waals surface area contributed by atoms with Crippen LogP contribution in [0.2, 0.25) is 0 Å². The third kappa shape index (κ3) is 2.83. The summed E-state index contributed by atoms with van der Waals surface area (Å²) >= 11 is 0. The zero-order valence-electron chi connectivity index (χ0n) is 16.2. The Balaban J connectivity index is 1.72. The van der Waals surface area contributed by atoms with E-state index in [2.05, 4.69) is 0 Å². The Morgan fingerprint density at radius 3 is 2.34 bits per heavy atom. The summed E-state index contributed by atoms with van der Waals surface area (Å²) in [7, 11) is 0. The summed E-state index contributed by atoms with van der Waals surface area (Å²) in [6.07, 6.45) is -0.387. The van der Waals surface area contributed by atoms with Gasteiger partial charge in [-0.15, -0.1) is 0 Å². The van der Waals surface area contributed by atoms with Crippen LogP contribution in [-0.2, 0) is 14.3 Å². The van der Waals surface area contributed by atoms with E-state index in [-0.39, 0.29) is 12.0 Å². The molecule has 1 aromatic carbocycles. The lowest BCUT2D eigenvalue weighted by Gasteiger charge is -2.38. The number of amides is 5. The van der Waals surface area contributed by atoms with Gasteiger partial charge in [0.15, 0.2) is 0 Å². The number of hydrogen-bond acceptors (Lipinski definition) is 6. The summed E-state index contributed by atoms with van der Waals surface area (Å²) in [5, 5.41) is 0. The van der Waals surface area contributed by atoms with Crippen LogP contribution >= 0.6 is 0 Å². The van der Waals surface area contributed by atoms with Gasteiger partial charge in [0, 0.05) is 0 Å². The molecule has 1 atom stereocenters. The molecule has 1 spiro atoms. The van der Waals surface area contributed by atoms with Gasteiger partial charge in [0.05, 0.1) is 16.5 Å². The van der Waals surface area contributed by atoms with Gasteiger partial charge in [-0.2, -0.15) is 4.90 Å². The standard InChI is InChI=1S/C20H19FN2O6/c1-19(2,3)29-18(28)23-15(25)12(9-20(7-8-20)17(23)27)22-14(24)10-5-4-6-11(21)13(10)16(22)26/h4-6,12H,7-9H2,1-3H3. The molecule has 2 fully saturated rings. The minimum absolute atomic E-state index is 0.0863. The Morgan fingerprint density at radius 1 is 1.14 bits per heavy atom. The van der Waals surface area contributed by atoms with Gasteiger partial charge < -0.3 is 4.74 Å². The molecule has 8 nitrogen and oxygen atoms in total. The molecule has 0 bridgehead atoms. The molecule has 4 rings (SSSR count). The topological polar surface area (TPSA) is 101 Å². The molecule has 1 saturated heterocycles. The van der Waals surface area contributed by atoms with Crippen LogP contribution in [0.15, 0.2) is 18.2 Å². The van der Waals surface area contributed by atoms with E-state index in [1.54, 1.807) is 20.8 Å². The van der Waals surface area contributed by atoms with Crippen LogP contribution in [-0.4, -0.2) is 51.2 Å². The molecule has 152 valence electrons.